The molecule has 8 heteroatoms. The molecule has 3 aromatic rings. The number of halogens is 2. The van der Waals surface area contributed by atoms with Crippen LogP contribution in [0.25, 0.3) is 5.69 Å². The van der Waals surface area contributed by atoms with Crippen molar-refractivity contribution in [3.63, 3.8) is 0 Å². The number of ether oxygens (including phenoxy) is 1. The Balaban J connectivity index is 1.68. The molecular formula is C20H17F2N3O3. The predicted molar refractivity (Wildman–Crippen MR) is 98.8 cm³/mol. The third-order valence-corrected chi connectivity index (χ3v) is 3.86. The number of Topliss-reactive ketones (excluding diaryl/α,β-unsaturated/α-hetero) is 1. The Morgan fingerprint density at radius 2 is 1.82 bits per heavy atom. The van der Waals surface area contributed by atoms with Crippen molar-refractivity contribution < 1.29 is 23.1 Å². The lowest BCUT2D eigenvalue weighted by Gasteiger charge is -2.10. The number of aromatic nitrogens is 2. The van der Waals surface area contributed by atoms with Crippen molar-refractivity contribution in [2.45, 2.75) is 13.8 Å². The van der Waals surface area contributed by atoms with Gasteiger partial charge in [-0.1, -0.05) is 0 Å². The molecule has 144 valence electrons. The van der Waals surface area contributed by atoms with Crippen LogP contribution in [-0.2, 0) is 4.79 Å². The van der Waals surface area contributed by atoms with Crippen LogP contribution >= 0.6 is 0 Å². The number of anilines is 1. The first-order chi connectivity index (χ1) is 13.3. The van der Waals surface area contributed by atoms with E-state index < -0.39 is 17.5 Å². The normalized spacial score (nSPS) is 10.6. The fraction of sp³-hybridized carbons (Fsp3) is 0.150. The number of hydrogen-bond acceptors (Lipinski definition) is 4. The second-order valence-electron chi connectivity index (χ2n) is 6.09. The molecule has 0 radical (unpaired) electrons. The van der Waals surface area contributed by atoms with Gasteiger partial charge in [-0.25, -0.2) is 13.5 Å². The van der Waals surface area contributed by atoms with E-state index >= 15 is 0 Å². The number of ketones is 1. The lowest BCUT2D eigenvalue weighted by atomic mass is 10.1. The fourth-order valence-electron chi connectivity index (χ4n) is 2.57. The van der Waals surface area contributed by atoms with E-state index in [-0.39, 0.29) is 23.7 Å². The molecule has 3 rings (SSSR count). The van der Waals surface area contributed by atoms with Crippen LogP contribution in [0.4, 0.5) is 14.6 Å². The van der Waals surface area contributed by atoms with Crippen molar-refractivity contribution in [1.82, 2.24) is 9.78 Å². The standard InChI is InChI=1S/C20H17F2N3O3/c1-12-9-19(25(24-12)15-5-3-14(21)4-6-15)23-20(27)11-28-16-7-8-17(13(2)26)18(22)10-16/h3-10H,11H2,1-2H3,(H,23,27). The second-order valence-corrected chi connectivity index (χ2v) is 6.09. The highest BCUT2D eigenvalue weighted by Crippen LogP contribution is 2.19. The number of hydrogen-bond donors (Lipinski definition) is 1. The molecule has 0 aliphatic carbocycles. The smallest absolute Gasteiger partial charge is 0.263 e. The minimum atomic E-state index is -0.713. The van der Waals surface area contributed by atoms with E-state index in [9.17, 15) is 18.4 Å². The van der Waals surface area contributed by atoms with Gasteiger partial charge in [-0.2, -0.15) is 5.10 Å². The van der Waals surface area contributed by atoms with Crippen LogP contribution in [-0.4, -0.2) is 28.1 Å². The Bertz CT molecular complexity index is 1030. The van der Waals surface area contributed by atoms with Gasteiger partial charge in [0.05, 0.1) is 16.9 Å². The number of amides is 1. The molecule has 0 fully saturated rings. The van der Waals surface area contributed by atoms with Crippen molar-refractivity contribution in [1.29, 1.82) is 0 Å². The first-order valence-electron chi connectivity index (χ1n) is 8.39. The summed E-state index contributed by atoms with van der Waals surface area (Å²) >= 11 is 0. The van der Waals surface area contributed by atoms with E-state index in [1.165, 1.54) is 48.0 Å². The Morgan fingerprint density at radius 3 is 2.46 bits per heavy atom. The summed E-state index contributed by atoms with van der Waals surface area (Å²) in [6.07, 6.45) is 0. The topological polar surface area (TPSA) is 73.2 Å². The molecular weight excluding hydrogens is 368 g/mol. The van der Waals surface area contributed by atoms with Gasteiger partial charge in [0.15, 0.2) is 12.4 Å². The van der Waals surface area contributed by atoms with Crippen LogP contribution in [0.1, 0.15) is 23.0 Å². The summed E-state index contributed by atoms with van der Waals surface area (Å²) in [4.78, 5) is 23.5. The fourth-order valence-corrected chi connectivity index (χ4v) is 2.57. The third-order valence-electron chi connectivity index (χ3n) is 3.86. The second kappa shape index (κ2) is 7.99. The van der Waals surface area contributed by atoms with Gasteiger partial charge in [-0.15, -0.1) is 0 Å². The molecule has 6 nitrogen and oxygen atoms in total. The maximum Gasteiger partial charge on any atom is 0.263 e. The number of carbonyl (C=O) groups excluding carboxylic acids is 2. The average Bonchev–Trinajstić information content (AvgIpc) is 3.00. The number of carbonyl (C=O) groups is 2. The monoisotopic (exact) mass is 385 g/mol. The Labute approximate surface area is 159 Å². The molecule has 1 amide bonds. The molecule has 0 aliphatic rings. The van der Waals surface area contributed by atoms with Crippen LogP contribution in [0.2, 0.25) is 0 Å². The lowest BCUT2D eigenvalue weighted by molar-refractivity contribution is -0.118. The van der Waals surface area contributed by atoms with E-state index in [1.54, 1.807) is 13.0 Å². The maximum atomic E-state index is 13.8. The van der Waals surface area contributed by atoms with Gasteiger partial charge in [-0.05, 0) is 50.2 Å². The molecule has 0 saturated carbocycles. The zero-order chi connectivity index (χ0) is 20.3. The van der Waals surface area contributed by atoms with E-state index in [4.69, 9.17) is 4.74 Å². The van der Waals surface area contributed by atoms with E-state index in [0.29, 0.717) is 17.2 Å². The predicted octanol–water partition coefficient (Wildman–Crippen LogP) is 3.68. The van der Waals surface area contributed by atoms with Gasteiger partial charge in [0.25, 0.3) is 5.91 Å². The van der Waals surface area contributed by atoms with Crippen LogP contribution in [0.5, 0.6) is 5.75 Å². The summed E-state index contributed by atoms with van der Waals surface area (Å²) in [5.74, 6) is -1.47. The summed E-state index contributed by atoms with van der Waals surface area (Å²) < 4.78 is 33.7. The molecule has 0 unspecified atom stereocenters. The van der Waals surface area contributed by atoms with E-state index in [2.05, 4.69) is 10.4 Å². The van der Waals surface area contributed by atoms with Gasteiger partial charge < -0.3 is 10.1 Å². The molecule has 0 atom stereocenters. The lowest BCUT2D eigenvalue weighted by Crippen LogP contribution is -2.22. The largest absolute Gasteiger partial charge is 0.484 e. The Morgan fingerprint density at radius 1 is 1.11 bits per heavy atom. The van der Waals surface area contributed by atoms with Crippen LogP contribution in [0.3, 0.4) is 0 Å². The number of nitrogens with one attached hydrogen (secondary N) is 1. The highest BCUT2D eigenvalue weighted by molar-refractivity contribution is 5.94. The molecule has 1 N–H and O–H groups in total. The molecule has 2 aromatic carbocycles. The van der Waals surface area contributed by atoms with Crippen molar-refractivity contribution in [2.75, 3.05) is 11.9 Å². The van der Waals surface area contributed by atoms with Crippen molar-refractivity contribution in [3.8, 4) is 11.4 Å². The van der Waals surface area contributed by atoms with Gasteiger partial charge >= 0.3 is 0 Å². The van der Waals surface area contributed by atoms with Crippen molar-refractivity contribution in [3.05, 3.63) is 71.4 Å². The minimum absolute atomic E-state index is 0.0459. The first kappa shape index (κ1) is 19.2. The van der Waals surface area contributed by atoms with Gasteiger partial charge in [0.1, 0.15) is 23.2 Å². The molecule has 0 spiro atoms. The number of aryl methyl sites for hydroxylation is 1. The SMILES string of the molecule is CC(=O)c1ccc(OCC(=O)Nc2cc(C)nn2-c2ccc(F)cc2)cc1F. The number of rotatable bonds is 6. The first-order valence-corrected chi connectivity index (χ1v) is 8.39. The van der Waals surface area contributed by atoms with Crippen LogP contribution in [0.15, 0.2) is 48.5 Å². The third kappa shape index (κ3) is 4.40. The summed E-state index contributed by atoms with van der Waals surface area (Å²) in [6.45, 7) is 2.65. The Hall–Kier alpha value is -3.55. The van der Waals surface area contributed by atoms with Crippen molar-refractivity contribution in [2.24, 2.45) is 0 Å². The molecule has 0 saturated heterocycles. The van der Waals surface area contributed by atoms with Crippen molar-refractivity contribution >= 4 is 17.5 Å². The molecule has 0 aliphatic heterocycles. The quantitative estimate of drug-likeness (QED) is 0.657. The van der Waals surface area contributed by atoms with Gasteiger partial charge in [0.2, 0.25) is 0 Å². The summed E-state index contributed by atoms with van der Waals surface area (Å²) in [5, 5.41) is 6.93. The summed E-state index contributed by atoms with van der Waals surface area (Å²) in [5.41, 5.74) is 1.19. The highest BCUT2D eigenvalue weighted by atomic mass is 19.1. The van der Waals surface area contributed by atoms with E-state index in [1.807, 2.05) is 0 Å². The average molecular weight is 385 g/mol. The summed E-state index contributed by atoms with van der Waals surface area (Å²) in [7, 11) is 0. The molecule has 0 bridgehead atoms. The maximum absolute atomic E-state index is 13.8. The van der Waals surface area contributed by atoms with Gasteiger partial charge in [-0.3, -0.25) is 9.59 Å². The van der Waals surface area contributed by atoms with Crippen LogP contribution < -0.4 is 10.1 Å². The summed E-state index contributed by atoms with van der Waals surface area (Å²) in [6, 6.07) is 11.1. The zero-order valence-corrected chi connectivity index (χ0v) is 15.2. The van der Waals surface area contributed by atoms with Gasteiger partial charge in [0, 0.05) is 12.1 Å². The number of benzene rings is 2. The number of nitrogens with zero attached hydrogens (tertiary/aromatic N) is 2. The van der Waals surface area contributed by atoms with Crippen LogP contribution in [0, 0.1) is 18.6 Å². The highest BCUT2D eigenvalue weighted by Gasteiger charge is 2.13. The van der Waals surface area contributed by atoms with E-state index in [0.717, 1.165) is 6.07 Å². The Kier molecular flexibility index (Phi) is 5.49. The molecule has 1 heterocycles. The molecule has 28 heavy (non-hydrogen) atoms. The molecule has 1 aromatic heterocycles. The minimum Gasteiger partial charge on any atom is -0.484 e. The zero-order valence-electron chi connectivity index (χ0n) is 15.2.